The van der Waals surface area contributed by atoms with E-state index in [2.05, 4.69) is 0 Å². The van der Waals surface area contributed by atoms with E-state index in [-0.39, 0.29) is 13.2 Å². The van der Waals surface area contributed by atoms with Gasteiger partial charge in [-0.3, -0.25) is 4.90 Å². The van der Waals surface area contributed by atoms with Gasteiger partial charge in [0.25, 0.3) is 0 Å². The van der Waals surface area contributed by atoms with E-state index in [1.54, 1.807) is 24.3 Å². The van der Waals surface area contributed by atoms with Gasteiger partial charge in [0.2, 0.25) is 0 Å². The highest BCUT2D eigenvalue weighted by Gasteiger charge is 2.28. The van der Waals surface area contributed by atoms with E-state index in [0.29, 0.717) is 0 Å². The number of aliphatic hydroxyl groups excluding tert-OH is 1. The number of benzene rings is 1. The average molecular weight is 233 g/mol. The van der Waals surface area contributed by atoms with Crippen molar-refractivity contribution in [2.45, 2.75) is 19.3 Å². The van der Waals surface area contributed by atoms with Crippen molar-refractivity contribution >= 4 is 0 Å². The van der Waals surface area contributed by atoms with E-state index in [1.807, 2.05) is 0 Å². The molecule has 2 nitrogen and oxygen atoms in total. The van der Waals surface area contributed by atoms with Crippen molar-refractivity contribution in [1.29, 1.82) is 0 Å². The first-order valence-electron chi connectivity index (χ1n) is 4.84. The number of alkyl halides is 3. The van der Waals surface area contributed by atoms with Crippen LogP contribution in [0.5, 0.6) is 0 Å². The molecule has 1 rings (SSSR count). The molecule has 0 heterocycles. The first-order chi connectivity index (χ1) is 7.40. The predicted octanol–water partition coefficient (Wildman–Crippen LogP) is 2.17. The van der Waals surface area contributed by atoms with Gasteiger partial charge in [-0.1, -0.05) is 24.3 Å². The first kappa shape index (κ1) is 13.0. The monoisotopic (exact) mass is 233 g/mol. The highest BCUT2D eigenvalue weighted by molar-refractivity contribution is 5.21. The van der Waals surface area contributed by atoms with Gasteiger partial charge in [0.05, 0.1) is 13.2 Å². The molecule has 1 N–H and O–H groups in total. The van der Waals surface area contributed by atoms with Crippen LogP contribution in [0.4, 0.5) is 13.2 Å². The summed E-state index contributed by atoms with van der Waals surface area (Å²) in [6.45, 7) is -0.737. The van der Waals surface area contributed by atoms with Crippen molar-refractivity contribution in [3.63, 3.8) is 0 Å². The van der Waals surface area contributed by atoms with Crippen molar-refractivity contribution < 1.29 is 18.3 Å². The molecule has 0 aliphatic carbocycles. The van der Waals surface area contributed by atoms with Gasteiger partial charge in [-0.05, 0) is 18.2 Å². The second-order valence-electron chi connectivity index (χ2n) is 3.76. The van der Waals surface area contributed by atoms with Gasteiger partial charge in [-0.2, -0.15) is 13.2 Å². The van der Waals surface area contributed by atoms with Gasteiger partial charge in [0, 0.05) is 6.54 Å². The molecule has 0 aromatic heterocycles. The summed E-state index contributed by atoms with van der Waals surface area (Å²) in [6.07, 6.45) is -4.17. The normalized spacial score (nSPS) is 12.1. The zero-order valence-electron chi connectivity index (χ0n) is 8.96. The van der Waals surface area contributed by atoms with Gasteiger partial charge in [-0.25, -0.2) is 0 Å². The first-order valence-corrected chi connectivity index (χ1v) is 4.84. The van der Waals surface area contributed by atoms with Gasteiger partial charge in [-0.15, -0.1) is 0 Å². The molecule has 16 heavy (non-hydrogen) atoms. The molecule has 1 aromatic rings. The topological polar surface area (TPSA) is 23.5 Å². The Morgan fingerprint density at radius 3 is 2.06 bits per heavy atom. The molecule has 0 bridgehead atoms. The molecule has 0 amide bonds. The standard InChI is InChI=1S/C11H14F3NO/c1-15(8-11(12,13)14)6-9-2-4-10(7-16)5-3-9/h2-5,16H,6-8H2,1H3. The third-order valence-corrected chi connectivity index (χ3v) is 2.11. The molecule has 5 heteroatoms. The lowest BCUT2D eigenvalue weighted by Gasteiger charge is -2.18. The van der Waals surface area contributed by atoms with Gasteiger partial charge in [0.1, 0.15) is 0 Å². The van der Waals surface area contributed by atoms with E-state index in [9.17, 15) is 13.2 Å². The molecule has 0 aliphatic rings. The Bertz CT molecular complexity index is 321. The third-order valence-electron chi connectivity index (χ3n) is 2.11. The lowest BCUT2D eigenvalue weighted by molar-refractivity contribution is -0.144. The second kappa shape index (κ2) is 5.32. The molecular weight excluding hydrogens is 219 g/mol. The maximum absolute atomic E-state index is 12.1. The smallest absolute Gasteiger partial charge is 0.392 e. The van der Waals surface area contributed by atoms with E-state index < -0.39 is 12.7 Å². The van der Waals surface area contributed by atoms with E-state index in [4.69, 9.17) is 5.11 Å². The molecule has 90 valence electrons. The van der Waals surface area contributed by atoms with E-state index in [1.165, 1.54) is 11.9 Å². The summed E-state index contributed by atoms with van der Waals surface area (Å²) in [5.74, 6) is 0. The minimum atomic E-state index is -4.17. The van der Waals surface area contributed by atoms with Crippen LogP contribution in [0.25, 0.3) is 0 Å². The summed E-state index contributed by atoms with van der Waals surface area (Å²) < 4.78 is 36.2. The lowest BCUT2D eigenvalue weighted by Crippen LogP contribution is -2.30. The molecule has 0 aliphatic heterocycles. The number of hydrogen-bond acceptors (Lipinski definition) is 2. The summed E-state index contributed by atoms with van der Waals surface area (Å²) in [6, 6.07) is 6.85. The second-order valence-corrected chi connectivity index (χ2v) is 3.76. The Kier molecular flexibility index (Phi) is 4.32. The SMILES string of the molecule is CN(Cc1ccc(CO)cc1)CC(F)(F)F. The van der Waals surface area contributed by atoms with Crippen LogP contribution in [0.15, 0.2) is 24.3 Å². The lowest BCUT2D eigenvalue weighted by atomic mass is 10.1. The predicted molar refractivity (Wildman–Crippen MR) is 54.8 cm³/mol. The summed E-state index contributed by atoms with van der Waals surface area (Å²) in [5, 5.41) is 8.80. The van der Waals surface area contributed by atoms with Crippen LogP contribution in [0.3, 0.4) is 0 Å². The molecule has 0 fully saturated rings. The minimum Gasteiger partial charge on any atom is -0.392 e. The Morgan fingerprint density at radius 2 is 1.62 bits per heavy atom. The largest absolute Gasteiger partial charge is 0.401 e. The van der Waals surface area contributed by atoms with Crippen molar-refractivity contribution in [2.75, 3.05) is 13.6 Å². The number of nitrogens with zero attached hydrogens (tertiary/aromatic N) is 1. The molecule has 0 radical (unpaired) electrons. The molecule has 0 atom stereocenters. The Labute approximate surface area is 92.3 Å². The van der Waals surface area contributed by atoms with Crippen LogP contribution >= 0.6 is 0 Å². The summed E-state index contributed by atoms with van der Waals surface area (Å²) in [7, 11) is 1.42. The van der Waals surface area contributed by atoms with Crippen molar-refractivity contribution in [2.24, 2.45) is 0 Å². The Balaban J connectivity index is 2.53. The number of halogens is 3. The fourth-order valence-corrected chi connectivity index (χ4v) is 1.42. The van der Waals surface area contributed by atoms with E-state index >= 15 is 0 Å². The Morgan fingerprint density at radius 1 is 1.12 bits per heavy atom. The number of rotatable bonds is 4. The van der Waals surface area contributed by atoms with Gasteiger partial charge >= 0.3 is 6.18 Å². The fourth-order valence-electron chi connectivity index (χ4n) is 1.42. The van der Waals surface area contributed by atoms with Crippen LogP contribution in [0, 0.1) is 0 Å². The maximum atomic E-state index is 12.1. The van der Waals surface area contributed by atoms with Crippen LogP contribution in [-0.4, -0.2) is 29.8 Å². The molecule has 0 spiro atoms. The molecule has 1 aromatic carbocycles. The van der Waals surface area contributed by atoms with Crippen LogP contribution in [0.1, 0.15) is 11.1 Å². The van der Waals surface area contributed by atoms with Crippen LogP contribution in [-0.2, 0) is 13.2 Å². The van der Waals surface area contributed by atoms with Crippen molar-refractivity contribution in [3.05, 3.63) is 35.4 Å². The zero-order chi connectivity index (χ0) is 12.2. The summed E-state index contributed by atoms with van der Waals surface area (Å²) in [5.41, 5.74) is 1.55. The fraction of sp³-hybridized carbons (Fsp3) is 0.455. The molecular formula is C11H14F3NO. The van der Waals surface area contributed by atoms with E-state index in [0.717, 1.165) is 11.1 Å². The highest BCUT2D eigenvalue weighted by atomic mass is 19.4. The van der Waals surface area contributed by atoms with Crippen LogP contribution < -0.4 is 0 Å². The van der Waals surface area contributed by atoms with Crippen molar-refractivity contribution in [3.8, 4) is 0 Å². The molecule has 0 unspecified atom stereocenters. The minimum absolute atomic E-state index is 0.0569. The molecule has 0 saturated heterocycles. The quantitative estimate of drug-likeness (QED) is 0.861. The average Bonchev–Trinajstić information content (AvgIpc) is 2.16. The highest BCUT2D eigenvalue weighted by Crippen LogP contribution is 2.17. The van der Waals surface area contributed by atoms with Gasteiger partial charge < -0.3 is 5.11 Å². The van der Waals surface area contributed by atoms with Crippen LogP contribution in [0.2, 0.25) is 0 Å². The number of aliphatic hydroxyl groups is 1. The maximum Gasteiger partial charge on any atom is 0.401 e. The number of hydrogen-bond donors (Lipinski definition) is 1. The molecule has 0 saturated carbocycles. The summed E-state index contributed by atoms with van der Waals surface area (Å²) >= 11 is 0. The Hall–Kier alpha value is -1.07. The zero-order valence-corrected chi connectivity index (χ0v) is 8.96. The van der Waals surface area contributed by atoms with Gasteiger partial charge in [0.15, 0.2) is 0 Å². The van der Waals surface area contributed by atoms with Crippen molar-refractivity contribution in [1.82, 2.24) is 4.90 Å². The third kappa shape index (κ3) is 4.63. The summed E-state index contributed by atoms with van der Waals surface area (Å²) in [4.78, 5) is 1.20.